The van der Waals surface area contributed by atoms with Crippen LogP contribution in [0.5, 0.6) is 0 Å². The lowest BCUT2D eigenvalue weighted by molar-refractivity contribution is -0.214. The molecule has 2 aliphatic heterocycles. The summed E-state index contributed by atoms with van der Waals surface area (Å²) in [5.41, 5.74) is 0. The van der Waals surface area contributed by atoms with Crippen molar-refractivity contribution in [2.24, 2.45) is 0 Å². The van der Waals surface area contributed by atoms with Crippen molar-refractivity contribution in [3.05, 3.63) is 0 Å². The summed E-state index contributed by atoms with van der Waals surface area (Å²) in [5.74, 6) is -1.94. The molecule has 4 atom stereocenters. The zero-order valence-corrected chi connectivity index (χ0v) is 11.6. The Hall–Kier alpha value is -0.690. The third-order valence-corrected chi connectivity index (χ3v) is 3.34. The van der Waals surface area contributed by atoms with Gasteiger partial charge in [0.2, 0.25) is 0 Å². The second-order valence-electron chi connectivity index (χ2n) is 5.50. The van der Waals surface area contributed by atoms with Crippen LogP contribution in [0.25, 0.3) is 0 Å². The molecule has 2 saturated heterocycles. The van der Waals surface area contributed by atoms with Crippen molar-refractivity contribution in [2.75, 3.05) is 6.61 Å². The molecule has 2 aliphatic rings. The van der Waals surface area contributed by atoms with Crippen molar-refractivity contribution < 1.29 is 28.8 Å². The molecule has 1 N–H and O–H groups in total. The van der Waals surface area contributed by atoms with E-state index in [0.717, 1.165) is 19.3 Å². The lowest BCUT2D eigenvalue weighted by atomic mass is 10.1. The summed E-state index contributed by atoms with van der Waals surface area (Å²) in [5, 5.41) is 9.18. The fourth-order valence-corrected chi connectivity index (χ4v) is 2.46. The lowest BCUT2D eigenvalue weighted by Crippen LogP contribution is -2.42. The normalized spacial score (nSPS) is 36.1. The van der Waals surface area contributed by atoms with Gasteiger partial charge in [0, 0.05) is 6.61 Å². The first-order valence-corrected chi connectivity index (χ1v) is 6.74. The standard InChI is InChI=1S/C13H22O6/c1-8(17-9-6-4-5-7-16-9)10-11(12(14)15)19-13(2,3)18-10/h8-11H,4-7H2,1-3H3,(H,14,15)/t8-,9?,10+,11-/m1/s1. The highest BCUT2D eigenvalue weighted by Gasteiger charge is 2.48. The van der Waals surface area contributed by atoms with Gasteiger partial charge in [0.15, 0.2) is 18.2 Å². The van der Waals surface area contributed by atoms with Gasteiger partial charge in [-0.1, -0.05) is 0 Å². The van der Waals surface area contributed by atoms with Gasteiger partial charge in [-0.25, -0.2) is 4.79 Å². The highest BCUT2D eigenvalue weighted by Crippen LogP contribution is 2.32. The minimum absolute atomic E-state index is 0.273. The molecule has 0 aliphatic carbocycles. The average Bonchev–Trinajstić information content (AvgIpc) is 2.67. The summed E-state index contributed by atoms with van der Waals surface area (Å²) in [6, 6.07) is 0. The van der Waals surface area contributed by atoms with Crippen molar-refractivity contribution in [3.8, 4) is 0 Å². The Kier molecular flexibility index (Phi) is 4.45. The maximum atomic E-state index is 11.2. The molecule has 0 bridgehead atoms. The van der Waals surface area contributed by atoms with E-state index in [-0.39, 0.29) is 6.29 Å². The molecule has 2 rings (SSSR count). The maximum absolute atomic E-state index is 11.2. The molecule has 1 unspecified atom stereocenters. The van der Waals surface area contributed by atoms with E-state index in [9.17, 15) is 9.90 Å². The average molecular weight is 274 g/mol. The first-order valence-electron chi connectivity index (χ1n) is 6.74. The van der Waals surface area contributed by atoms with Crippen LogP contribution in [0.4, 0.5) is 0 Å². The van der Waals surface area contributed by atoms with E-state index in [1.807, 2.05) is 0 Å². The molecule has 0 radical (unpaired) electrons. The summed E-state index contributed by atoms with van der Waals surface area (Å²) in [7, 11) is 0. The van der Waals surface area contributed by atoms with Crippen LogP contribution < -0.4 is 0 Å². The van der Waals surface area contributed by atoms with Crippen LogP contribution >= 0.6 is 0 Å². The molecule has 2 heterocycles. The van der Waals surface area contributed by atoms with Crippen molar-refractivity contribution in [1.82, 2.24) is 0 Å². The van der Waals surface area contributed by atoms with Gasteiger partial charge in [0.1, 0.15) is 6.10 Å². The molecule has 0 saturated carbocycles. The third kappa shape index (κ3) is 3.66. The molecule has 0 amide bonds. The number of hydrogen-bond acceptors (Lipinski definition) is 5. The first-order chi connectivity index (χ1) is 8.89. The van der Waals surface area contributed by atoms with Gasteiger partial charge >= 0.3 is 5.97 Å². The van der Waals surface area contributed by atoms with Crippen LogP contribution in [0, 0.1) is 0 Å². The molecular formula is C13H22O6. The number of aliphatic carboxylic acids is 1. The number of carboxylic acid groups (broad SMARTS) is 1. The first kappa shape index (κ1) is 14.7. The predicted molar refractivity (Wildman–Crippen MR) is 65.6 cm³/mol. The second kappa shape index (κ2) is 5.75. The van der Waals surface area contributed by atoms with E-state index < -0.39 is 30.1 Å². The zero-order chi connectivity index (χ0) is 14.0. The molecule has 110 valence electrons. The van der Waals surface area contributed by atoms with Crippen LogP contribution in [0.1, 0.15) is 40.0 Å². The molecule has 6 heteroatoms. The van der Waals surface area contributed by atoms with Gasteiger partial charge in [-0.3, -0.25) is 0 Å². The van der Waals surface area contributed by atoms with E-state index >= 15 is 0 Å². The van der Waals surface area contributed by atoms with Gasteiger partial charge in [0.25, 0.3) is 0 Å². The van der Waals surface area contributed by atoms with Crippen molar-refractivity contribution in [2.45, 2.75) is 70.4 Å². The molecule has 6 nitrogen and oxygen atoms in total. The molecule has 19 heavy (non-hydrogen) atoms. The number of rotatable bonds is 4. The van der Waals surface area contributed by atoms with Crippen LogP contribution in [0.3, 0.4) is 0 Å². The third-order valence-electron chi connectivity index (χ3n) is 3.34. The van der Waals surface area contributed by atoms with Crippen molar-refractivity contribution >= 4 is 5.97 Å². The van der Waals surface area contributed by atoms with Crippen LogP contribution in [0.15, 0.2) is 0 Å². The zero-order valence-electron chi connectivity index (χ0n) is 11.6. The van der Waals surface area contributed by atoms with Gasteiger partial charge in [0.05, 0.1) is 6.10 Å². The van der Waals surface area contributed by atoms with E-state index in [4.69, 9.17) is 18.9 Å². The smallest absolute Gasteiger partial charge is 0.335 e. The SMILES string of the molecule is C[C@@H](OC1CCCCO1)[C@@H]1OC(C)(C)O[C@H]1C(=O)O. The van der Waals surface area contributed by atoms with E-state index in [0.29, 0.717) is 6.61 Å². The minimum atomic E-state index is -1.03. The molecule has 0 aromatic rings. The Morgan fingerprint density at radius 3 is 2.68 bits per heavy atom. The maximum Gasteiger partial charge on any atom is 0.335 e. The topological polar surface area (TPSA) is 74.2 Å². The molecule has 0 aromatic heterocycles. The number of carboxylic acids is 1. The Bertz CT molecular complexity index is 323. The predicted octanol–water partition coefficient (Wildman–Crippen LogP) is 1.52. The van der Waals surface area contributed by atoms with Crippen LogP contribution in [-0.2, 0) is 23.7 Å². The molecule has 2 fully saturated rings. The Morgan fingerprint density at radius 1 is 1.37 bits per heavy atom. The monoisotopic (exact) mass is 274 g/mol. The largest absolute Gasteiger partial charge is 0.479 e. The second-order valence-corrected chi connectivity index (χ2v) is 5.50. The quantitative estimate of drug-likeness (QED) is 0.838. The number of hydrogen-bond donors (Lipinski definition) is 1. The Balaban J connectivity index is 1.96. The summed E-state index contributed by atoms with van der Waals surface area (Å²) in [4.78, 5) is 11.2. The Labute approximate surface area is 113 Å². The van der Waals surface area contributed by atoms with Crippen molar-refractivity contribution in [1.29, 1.82) is 0 Å². The lowest BCUT2D eigenvalue weighted by Gasteiger charge is -2.29. The van der Waals surface area contributed by atoms with Gasteiger partial charge in [-0.05, 0) is 40.0 Å². The number of ether oxygens (including phenoxy) is 4. The highest BCUT2D eigenvalue weighted by molar-refractivity contribution is 5.73. The van der Waals surface area contributed by atoms with Crippen molar-refractivity contribution in [3.63, 3.8) is 0 Å². The Morgan fingerprint density at radius 2 is 2.11 bits per heavy atom. The van der Waals surface area contributed by atoms with Crippen LogP contribution in [-0.4, -0.2) is 48.1 Å². The summed E-state index contributed by atoms with van der Waals surface area (Å²) in [6.07, 6.45) is 0.636. The highest BCUT2D eigenvalue weighted by atomic mass is 16.8. The minimum Gasteiger partial charge on any atom is -0.479 e. The van der Waals surface area contributed by atoms with Crippen LogP contribution in [0.2, 0.25) is 0 Å². The van der Waals surface area contributed by atoms with Gasteiger partial charge < -0.3 is 24.1 Å². The van der Waals surface area contributed by atoms with E-state index in [2.05, 4.69) is 0 Å². The molecule has 0 aromatic carbocycles. The van der Waals surface area contributed by atoms with E-state index in [1.54, 1.807) is 20.8 Å². The molecular weight excluding hydrogens is 252 g/mol. The summed E-state index contributed by atoms with van der Waals surface area (Å²) in [6.45, 7) is 5.89. The number of carbonyl (C=O) groups is 1. The summed E-state index contributed by atoms with van der Waals surface area (Å²) >= 11 is 0. The fraction of sp³-hybridized carbons (Fsp3) is 0.923. The van der Waals surface area contributed by atoms with E-state index in [1.165, 1.54) is 0 Å². The molecule has 0 spiro atoms. The van der Waals surface area contributed by atoms with Gasteiger partial charge in [-0.2, -0.15) is 0 Å². The summed E-state index contributed by atoms with van der Waals surface area (Å²) < 4.78 is 22.3. The van der Waals surface area contributed by atoms with Gasteiger partial charge in [-0.15, -0.1) is 0 Å². The fourth-order valence-electron chi connectivity index (χ4n) is 2.46.